The predicted molar refractivity (Wildman–Crippen MR) is 64.8 cm³/mol. The first-order chi connectivity index (χ1) is 6.74. The third-order valence-corrected chi connectivity index (χ3v) is 2.68. The molecule has 0 aromatic heterocycles. The normalized spacial score (nSPS) is 9.50. The largest absolute Gasteiger partial charge is 0.458 e. The molecule has 0 heterocycles. The van der Waals surface area contributed by atoms with Gasteiger partial charge < -0.3 is 4.74 Å². The van der Waals surface area contributed by atoms with Crippen LogP contribution in [0.4, 0.5) is 0 Å². The summed E-state index contributed by atoms with van der Waals surface area (Å²) in [6.07, 6.45) is 0. The summed E-state index contributed by atoms with van der Waals surface area (Å²) in [5.74, 6) is -0.295. The van der Waals surface area contributed by atoms with Crippen LogP contribution in [0.3, 0.4) is 0 Å². The third-order valence-electron chi connectivity index (χ3n) is 1.61. The van der Waals surface area contributed by atoms with Crippen LogP contribution in [-0.2, 0) is 4.74 Å². The van der Waals surface area contributed by atoms with E-state index in [1.54, 1.807) is 12.1 Å². The van der Waals surface area contributed by atoms with Gasteiger partial charge in [-0.05, 0) is 17.7 Å². The molecule has 0 bridgehead atoms. The molecule has 0 atom stereocenters. The van der Waals surface area contributed by atoms with Gasteiger partial charge in [0, 0.05) is 4.43 Å². The monoisotopic (exact) mass is 302 g/mol. The molecule has 0 amide bonds. The summed E-state index contributed by atoms with van der Waals surface area (Å²) in [5, 5.41) is 0. The average Bonchev–Trinajstić information content (AvgIpc) is 2.26. The highest BCUT2D eigenvalue weighted by molar-refractivity contribution is 14.1. The molecule has 0 aliphatic carbocycles. The van der Waals surface area contributed by atoms with Gasteiger partial charge in [0.2, 0.25) is 0 Å². The van der Waals surface area contributed by atoms with E-state index in [1.807, 2.05) is 18.2 Å². The van der Waals surface area contributed by atoms with Gasteiger partial charge >= 0.3 is 5.97 Å². The molecule has 3 heteroatoms. The third kappa shape index (κ3) is 3.49. The average molecular weight is 302 g/mol. The Hall–Kier alpha value is -0.840. The summed E-state index contributed by atoms with van der Waals surface area (Å²) in [5.41, 5.74) is 1.49. The summed E-state index contributed by atoms with van der Waals surface area (Å²) in [6, 6.07) is 8.94. The van der Waals surface area contributed by atoms with Gasteiger partial charge in [0.05, 0.1) is 5.56 Å². The molecule has 0 saturated carbocycles. The fourth-order valence-corrected chi connectivity index (χ4v) is 1.08. The van der Waals surface area contributed by atoms with Gasteiger partial charge in [0.15, 0.2) is 0 Å². The van der Waals surface area contributed by atoms with Crippen LogP contribution < -0.4 is 0 Å². The van der Waals surface area contributed by atoms with Gasteiger partial charge in [0.25, 0.3) is 0 Å². The van der Waals surface area contributed by atoms with Crippen molar-refractivity contribution < 1.29 is 9.53 Å². The summed E-state index contributed by atoms with van der Waals surface area (Å²) in [6.45, 7) is 4.06. The number of alkyl halides is 1. The van der Waals surface area contributed by atoms with Crippen LogP contribution in [0.25, 0.3) is 0 Å². The molecule has 1 aromatic carbocycles. The molecule has 0 saturated heterocycles. The summed E-state index contributed by atoms with van der Waals surface area (Å²) < 4.78 is 5.84. The zero-order chi connectivity index (χ0) is 10.4. The number of benzene rings is 1. The number of carbonyl (C=O) groups excluding carboxylic acids is 1. The molecule has 14 heavy (non-hydrogen) atoms. The maximum absolute atomic E-state index is 11.4. The predicted octanol–water partition coefficient (Wildman–Crippen LogP) is 2.83. The van der Waals surface area contributed by atoms with Crippen molar-refractivity contribution in [1.29, 1.82) is 0 Å². The molecule has 0 N–H and O–H groups in total. The molecule has 2 nitrogen and oxygen atoms in total. The van der Waals surface area contributed by atoms with Crippen molar-refractivity contribution in [1.82, 2.24) is 0 Å². The number of esters is 1. The maximum atomic E-state index is 11.4. The lowest BCUT2D eigenvalue weighted by molar-refractivity contribution is 0.0541. The first-order valence-electron chi connectivity index (χ1n) is 4.19. The fraction of sp³-hybridized carbons (Fsp3) is 0.182. The highest BCUT2D eigenvalue weighted by Crippen LogP contribution is 2.03. The summed E-state index contributed by atoms with van der Waals surface area (Å²) in [7, 11) is 0. The zero-order valence-electron chi connectivity index (χ0n) is 7.70. The van der Waals surface area contributed by atoms with Crippen molar-refractivity contribution in [2.75, 3.05) is 11.0 Å². The molecule has 1 aromatic rings. The van der Waals surface area contributed by atoms with Crippen LogP contribution in [-0.4, -0.2) is 17.0 Å². The Morgan fingerprint density at radius 1 is 1.36 bits per heavy atom. The van der Waals surface area contributed by atoms with E-state index < -0.39 is 0 Å². The summed E-state index contributed by atoms with van der Waals surface area (Å²) >= 11 is 2.18. The molecule has 0 fully saturated rings. The lowest BCUT2D eigenvalue weighted by Gasteiger charge is -2.04. The Balaban J connectivity index is 2.48. The SMILES string of the molecule is C=C(CI)COC(=O)c1ccccc1. The van der Waals surface area contributed by atoms with Crippen LogP contribution in [0.1, 0.15) is 10.4 Å². The van der Waals surface area contributed by atoms with Gasteiger partial charge in [-0.2, -0.15) is 0 Å². The number of hydrogen-bond acceptors (Lipinski definition) is 2. The van der Waals surface area contributed by atoms with E-state index in [1.165, 1.54) is 0 Å². The van der Waals surface area contributed by atoms with Gasteiger partial charge in [-0.15, -0.1) is 0 Å². The van der Waals surface area contributed by atoms with Gasteiger partial charge in [-0.25, -0.2) is 4.79 Å². The Kier molecular flexibility index (Phi) is 4.65. The van der Waals surface area contributed by atoms with Crippen LogP contribution in [0.2, 0.25) is 0 Å². The van der Waals surface area contributed by atoms with Crippen molar-refractivity contribution in [3.05, 3.63) is 48.0 Å². The summed E-state index contributed by atoms with van der Waals surface area (Å²) in [4.78, 5) is 11.4. The smallest absolute Gasteiger partial charge is 0.338 e. The molecule has 0 spiro atoms. The molecular weight excluding hydrogens is 291 g/mol. The molecule has 0 aliphatic rings. The number of rotatable bonds is 4. The second-order valence-electron chi connectivity index (χ2n) is 2.83. The van der Waals surface area contributed by atoms with Gasteiger partial charge in [-0.1, -0.05) is 47.4 Å². The van der Waals surface area contributed by atoms with E-state index in [9.17, 15) is 4.79 Å². The highest BCUT2D eigenvalue weighted by Gasteiger charge is 2.05. The van der Waals surface area contributed by atoms with E-state index in [0.717, 1.165) is 10.0 Å². The number of ether oxygens (including phenoxy) is 1. The second-order valence-corrected chi connectivity index (χ2v) is 3.59. The van der Waals surface area contributed by atoms with Crippen LogP contribution in [0.5, 0.6) is 0 Å². The molecule has 0 aliphatic heterocycles. The topological polar surface area (TPSA) is 26.3 Å². The van der Waals surface area contributed by atoms with E-state index >= 15 is 0 Å². The minimum absolute atomic E-state index is 0.295. The zero-order valence-corrected chi connectivity index (χ0v) is 9.86. The number of carbonyl (C=O) groups is 1. The molecule has 74 valence electrons. The van der Waals surface area contributed by atoms with Gasteiger partial charge in [0.1, 0.15) is 6.61 Å². The van der Waals surface area contributed by atoms with Crippen LogP contribution >= 0.6 is 22.6 Å². The van der Waals surface area contributed by atoms with E-state index in [4.69, 9.17) is 4.74 Å². The molecule has 0 unspecified atom stereocenters. The Morgan fingerprint density at radius 2 is 2.00 bits per heavy atom. The first kappa shape index (κ1) is 11.2. The van der Waals surface area contributed by atoms with Crippen LogP contribution in [0.15, 0.2) is 42.5 Å². The van der Waals surface area contributed by atoms with Crippen molar-refractivity contribution in [2.45, 2.75) is 0 Å². The Morgan fingerprint density at radius 3 is 2.57 bits per heavy atom. The number of halogens is 1. The first-order valence-corrected chi connectivity index (χ1v) is 5.71. The fourth-order valence-electron chi connectivity index (χ4n) is 0.864. The molecule has 0 radical (unpaired) electrons. The minimum atomic E-state index is -0.295. The quantitative estimate of drug-likeness (QED) is 0.370. The second kappa shape index (κ2) is 5.80. The van der Waals surface area contributed by atoms with E-state index in [2.05, 4.69) is 29.2 Å². The maximum Gasteiger partial charge on any atom is 0.338 e. The molecular formula is C11H11IO2. The van der Waals surface area contributed by atoms with E-state index in [0.29, 0.717) is 12.2 Å². The Bertz CT molecular complexity index is 319. The Labute approximate surface area is 97.1 Å². The van der Waals surface area contributed by atoms with Crippen LogP contribution in [0, 0.1) is 0 Å². The van der Waals surface area contributed by atoms with Crippen molar-refractivity contribution in [3.8, 4) is 0 Å². The highest BCUT2D eigenvalue weighted by atomic mass is 127. The van der Waals surface area contributed by atoms with Crippen molar-refractivity contribution in [3.63, 3.8) is 0 Å². The molecule has 1 rings (SSSR count). The van der Waals surface area contributed by atoms with E-state index in [-0.39, 0.29) is 5.97 Å². The van der Waals surface area contributed by atoms with Crippen molar-refractivity contribution in [2.24, 2.45) is 0 Å². The number of hydrogen-bond donors (Lipinski definition) is 0. The standard InChI is InChI=1S/C11H11IO2/c1-9(7-12)8-14-11(13)10-5-3-2-4-6-10/h2-6H,1,7-8H2. The minimum Gasteiger partial charge on any atom is -0.458 e. The van der Waals surface area contributed by atoms with Gasteiger partial charge in [-0.3, -0.25) is 0 Å². The lowest BCUT2D eigenvalue weighted by atomic mass is 10.2. The lowest BCUT2D eigenvalue weighted by Crippen LogP contribution is -2.07. The van der Waals surface area contributed by atoms with Crippen molar-refractivity contribution >= 4 is 28.6 Å².